The lowest BCUT2D eigenvalue weighted by atomic mass is 9.99. The SMILES string of the molecule is COc1ccccc1C1=NS(=O)(=O)N(C)C(C(=O)N2CCc3ccccc3C2)=C1. The maximum atomic E-state index is 13.3. The fourth-order valence-electron chi connectivity index (χ4n) is 3.57. The second-order valence-corrected chi connectivity index (χ2v) is 8.52. The summed E-state index contributed by atoms with van der Waals surface area (Å²) in [5.74, 6) is 0.147. The highest BCUT2D eigenvalue weighted by atomic mass is 32.2. The lowest BCUT2D eigenvalue weighted by Crippen LogP contribution is -2.43. The van der Waals surface area contributed by atoms with Crippen LogP contribution < -0.4 is 4.74 Å². The Labute approximate surface area is 170 Å². The molecule has 0 saturated heterocycles. The summed E-state index contributed by atoms with van der Waals surface area (Å²) in [7, 11) is -1.18. The van der Waals surface area contributed by atoms with Gasteiger partial charge in [0.15, 0.2) is 0 Å². The van der Waals surface area contributed by atoms with Crippen LogP contribution in [0.1, 0.15) is 16.7 Å². The van der Waals surface area contributed by atoms with E-state index in [4.69, 9.17) is 4.74 Å². The fraction of sp³-hybridized carbons (Fsp3) is 0.238. The number of allylic oxidation sites excluding steroid dienone is 1. The number of hydrogen-bond donors (Lipinski definition) is 0. The smallest absolute Gasteiger partial charge is 0.345 e. The number of likely N-dealkylation sites (N-methyl/N-ethyl adjacent to an activating group) is 1. The molecule has 2 aromatic rings. The molecule has 2 heterocycles. The molecular formula is C21H21N3O4S. The molecule has 0 spiro atoms. The number of rotatable bonds is 3. The van der Waals surface area contributed by atoms with Crippen molar-refractivity contribution >= 4 is 21.8 Å². The molecule has 7 nitrogen and oxygen atoms in total. The predicted molar refractivity (Wildman–Crippen MR) is 110 cm³/mol. The minimum atomic E-state index is -4.03. The zero-order chi connectivity index (χ0) is 20.6. The summed E-state index contributed by atoms with van der Waals surface area (Å²) in [4.78, 5) is 14.9. The molecule has 150 valence electrons. The maximum Gasteiger partial charge on any atom is 0.345 e. The van der Waals surface area contributed by atoms with E-state index in [1.165, 1.54) is 25.8 Å². The Morgan fingerprint density at radius 3 is 2.52 bits per heavy atom. The quantitative estimate of drug-likeness (QED) is 0.775. The van der Waals surface area contributed by atoms with Crippen molar-refractivity contribution in [2.45, 2.75) is 13.0 Å². The van der Waals surface area contributed by atoms with Crippen LogP contribution in [0.3, 0.4) is 0 Å². The molecule has 0 aromatic heterocycles. The molecule has 0 atom stereocenters. The second kappa shape index (κ2) is 7.36. The van der Waals surface area contributed by atoms with Crippen molar-refractivity contribution in [2.75, 3.05) is 20.7 Å². The minimum absolute atomic E-state index is 0.0697. The van der Waals surface area contributed by atoms with E-state index >= 15 is 0 Å². The number of para-hydroxylation sites is 1. The van der Waals surface area contributed by atoms with Gasteiger partial charge in [0.2, 0.25) is 0 Å². The van der Waals surface area contributed by atoms with Gasteiger partial charge in [-0.2, -0.15) is 8.42 Å². The number of methoxy groups -OCH3 is 1. The van der Waals surface area contributed by atoms with Crippen molar-refractivity contribution in [1.29, 1.82) is 0 Å². The summed E-state index contributed by atoms with van der Waals surface area (Å²) < 4.78 is 35.4. The van der Waals surface area contributed by atoms with E-state index in [-0.39, 0.29) is 17.3 Å². The molecule has 0 radical (unpaired) electrons. The minimum Gasteiger partial charge on any atom is -0.496 e. The molecule has 8 heteroatoms. The lowest BCUT2D eigenvalue weighted by molar-refractivity contribution is -0.129. The van der Waals surface area contributed by atoms with Crippen LogP contribution in [0.4, 0.5) is 0 Å². The highest BCUT2D eigenvalue weighted by Gasteiger charge is 2.34. The molecule has 2 aromatic carbocycles. The van der Waals surface area contributed by atoms with Crippen LogP contribution in [0.15, 0.2) is 64.7 Å². The topological polar surface area (TPSA) is 79.3 Å². The number of carbonyl (C=O) groups is 1. The van der Waals surface area contributed by atoms with Crippen molar-refractivity contribution in [2.24, 2.45) is 4.40 Å². The molecule has 0 unspecified atom stereocenters. The average molecular weight is 411 g/mol. The van der Waals surface area contributed by atoms with E-state index in [0.717, 1.165) is 16.3 Å². The van der Waals surface area contributed by atoms with Crippen LogP contribution in [0, 0.1) is 0 Å². The first-order valence-electron chi connectivity index (χ1n) is 9.20. The van der Waals surface area contributed by atoms with Gasteiger partial charge in [0.05, 0.1) is 12.8 Å². The second-order valence-electron chi connectivity index (χ2n) is 6.90. The van der Waals surface area contributed by atoms with E-state index < -0.39 is 10.2 Å². The summed E-state index contributed by atoms with van der Waals surface area (Å²) in [5, 5.41) is 0. The lowest BCUT2D eigenvalue weighted by Gasteiger charge is -2.32. The van der Waals surface area contributed by atoms with Gasteiger partial charge in [-0.25, -0.2) is 4.31 Å². The number of carbonyl (C=O) groups excluding carboxylic acids is 1. The van der Waals surface area contributed by atoms with Gasteiger partial charge >= 0.3 is 10.2 Å². The Morgan fingerprint density at radius 2 is 1.76 bits per heavy atom. The van der Waals surface area contributed by atoms with Gasteiger partial charge < -0.3 is 9.64 Å². The molecule has 4 rings (SSSR count). The van der Waals surface area contributed by atoms with Crippen molar-refractivity contribution in [3.8, 4) is 5.75 Å². The zero-order valence-electron chi connectivity index (χ0n) is 16.2. The van der Waals surface area contributed by atoms with Gasteiger partial charge in [-0.05, 0) is 35.8 Å². The van der Waals surface area contributed by atoms with Gasteiger partial charge in [-0.15, -0.1) is 4.40 Å². The molecule has 0 aliphatic carbocycles. The van der Waals surface area contributed by atoms with Crippen LogP contribution in [0.25, 0.3) is 0 Å². The Hall–Kier alpha value is -3.13. The third-order valence-corrected chi connectivity index (χ3v) is 6.51. The van der Waals surface area contributed by atoms with Crippen LogP contribution in [-0.4, -0.2) is 49.9 Å². The van der Waals surface area contributed by atoms with Crippen molar-refractivity contribution < 1.29 is 17.9 Å². The molecule has 0 saturated carbocycles. The predicted octanol–water partition coefficient (Wildman–Crippen LogP) is 2.14. The summed E-state index contributed by atoms with van der Waals surface area (Å²) in [6.45, 7) is 0.976. The highest BCUT2D eigenvalue weighted by molar-refractivity contribution is 7.88. The van der Waals surface area contributed by atoms with E-state index in [1.807, 2.05) is 18.2 Å². The molecule has 1 amide bonds. The maximum absolute atomic E-state index is 13.3. The number of fused-ring (bicyclic) bond motifs is 1. The number of amides is 1. The summed E-state index contributed by atoms with van der Waals surface area (Å²) >= 11 is 0. The fourth-order valence-corrected chi connectivity index (χ4v) is 4.47. The van der Waals surface area contributed by atoms with Crippen molar-refractivity contribution in [1.82, 2.24) is 9.21 Å². The first kappa shape index (κ1) is 19.2. The van der Waals surface area contributed by atoms with E-state index in [1.54, 1.807) is 29.2 Å². The van der Waals surface area contributed by atoms with Crippen LogP contribution in [-0.2, 0) is 28.0 Å². The van der Waals surface area contributed by atoms with Gasteiger partial charge in [-0.3, -0.25) is 4.79 Å². The third-order valence-electron chi connectivity index (χ3n) is 5.19. The third kappa shape index (κ3) is 3.51. The average Bonchev–Trinajstić information content (AvgIpc) is 2.74. The number of hydrogen-bond acceptors (Lipinski definition) is 4. The molecule has 0 N–H and O–H groups in total. The first-order chi connectivity index (χ1) is 13.9. The van der Waals surface area contributed by atoms with Crippen molar-refractivity contribution in [3.05, 3.63) is 77.0 Å². The molecule has 29 heavy (non-hydrogen) atoms. The van der Waals surface area contributed by atoms with Gasteiger partial charge in [0, 0.05) is 25.7 Å². The van der Waals surface area contributed by atoms with Gasteiger partial charge in [-0.1, -0.05) is 36.4 Å². The molecule has 0 bridgehead atoms. The molecular weight excluding hydrogens is 390 g/mol. The zero-order valence-corrected chi connectivity index (χ0v) is 17.0. The largest absolute Gasteiger partial charge is 0.496 e. The Bertz CT molecular complexity index is 1140. The van der Waals surface area contributed by atoms with Crippen molar-refractivity contribution in [3.63, 3.8) is 0 Å². The van der Waals surface area contributed by atoms with Crippen LogP contribution in [0.5, 0.6) is 5.75 Å². The standard InChI is InChI=1S/C21H21N3O4S/c1-23-19(21(25)24-12-11-15-7-3-4-8-16(15)14-24)13-18(22-29(23,26)27)17-9-5-6-10-20(17)28-2/h3-10,13H,11-12,14H2,1-2H3. The van der Waals surface area contributed by atoms with Crippen LogP contribution in [0.2, 0.25) is 0 Å². The van der Waals surface area contributed by atoms with Gasteiger partial charge in [0.25, 0.3) is 5.91 Å². The Balaban J connectivity index is 1.71. The summed E-state index contributed by atoms with van der Waals surface area (Å²) in [5.41, 5.74) is 3.06. The first-order valence-corrected chi connectivity index (χ1v) is 10.6. The van der Waals surface area contributed by atoms with E-state index in [9.17, 15) is 13.2 Å². The summed E-state index contributed by atoms with van der Waals surface area (Å²) in [6.07, 6.45) is 2.25. The monoisotopic (exact) mass is 411 g/mol. The highest BCUT2D eigenvalue weighted by Crippen LogP contribution is 2.27. The Morgan fingerprint density at radius 1 is 1.07 bits per heavy atom. The van der Waals surface area contributed by atoms with Gasteiger partial charge in [0.1, 0.15) is 11.4 Å². The van der Waals surface area contributed by atoms with Crippen LogP contribution >= 0.6 is 0 Å². The molecule has 2 aliphatic heterocycles. The summed E-state index contributed by atoms with van der Waals surface area (Å²) in [6, 6.07) is 15.0. The molecule has 2 aliphatic rings. The Kier molecular flexibility index (Phi) is 4.87. The number of benzene rings is 2. The molecule has 0 fully saturated rings. The van der Waals surface area contributed by atoms with E-state index in [2.05, 4.69) is 10.5 Å². The normalized spacial score (nSPS) is 17.9. The number of nitrogens with zero attached hydrogens (tertiary/aromatic N) is 3. The number of ether oxygens (including phenoxy) is 1. The van der Waals surface area contributed by atoms with E-state index in [0.29, 0.717) is 24.4 Å².